The zero-order valence-corrected chi connectivity index (χ0v) is 17.0. The molecule has 152 valence electrons. The quantitative estimate of drug-likeness (QED) is 0.529. The number of para-hydroxylation sites is 1. The Morgan fingerprint density at radius 2 is 2.07 bits per heavy atom. The van der Waals surface area contributed by atoms with Gasteiger partial charge in [0.05, 0.1) is 5.52 Å². The predicted molar refractivity (Wildman–Crippen MR) is 118 cm³/mol. The van der Waals surface area contributed by atoms with Crippen molar-refractivity contribution in [2.45, 2.75) is 19.4 Å². The molecule has 1 aliphatic heterocycles. The summed E-state index contributed by atoms with van der Waals surface area (Å²) >= 11 is 5.95. The van der Waals surface area contributed by atoms with Crippen molar-refractivity contribution in [3.05, 3.63) is 75.9 Å². The fourth-order valence-electron chi connectivity index (χ4n) is 4.09. The van der Waals surface area contributed by atoms with E-state index in [0.717, 1.165) is 11.9 Å². The fourth-order valence-corrected chi connectivity index (χ4v) is 4.26. The molecule has 4 aromatic rings. The number of nitrogens with one attached hydrogen (secondary N) is 1. The number of aromatic nitrogens is 2. The highest BCUT2D eigenvalue weighted by Crippen LogP contribution is 2.29. The number of carbonyl (C=O) groups is 1. The number of hydrogen-bond donors (Lipinski definition) is 1. The molecule has 0 atom stereocenters. The van der Waals surface area contributed by atoms with Crippen molar-refractivity contribution in [2.75, 3.05) is 13.1 Å². The van der Waals surface area contributed by atoms with Gasteiger partial charge in [-0.25, -0.2) is 4.79 Å². The molecule has 2 aromatic heterocycles. The summed E-state index contributed by atoms with van der Waals surface area (Å²) < 4.78 is 6.72. The fraction of sp³-hybridized carbons (Fsp3) is 0.217. The summed E-state index contributed by atoms with van der Waals surface area (Å²) in [7, 11) is 0. The zero-order valence-electron chi connectivity index (χ0n) is 16.2. The van der Waals surface area contributed by atoms with Crippen molar-refractivity contribution >= 4 is 45.1 Å². The molecule has 0 radical (unpaired) electrons. The van der Waals surface area contributed by atoms with Crippen LogP contribution in [0, 0.1) is 0 Å². The van der Waals surface area contributed by atoms with E-state index in [1.807, 2.05) is 23.2 Å². The van der Waals surface area contributed by atoms with E-state index in [1.165, 1.54) is 21.1 Å². The number of benzene rings is 2. The van der Waals surface area contributed by atoms with Crippen molar-refractivity contribution in [3.63, 3.8) is 0 Å². The van der Waals surface area contributed by atoms with Gasteiger partial charge in [0, 0.05) is 59.8 Å². The summed E-state index contributed by atoms with van der Waals surface area (Å²) in [5, 5.41) is 1.71. The Bertz CT molecular complexity index is 1340. The number of aromatic amines is 1. The van der Waals surface area contributed by atoms with Crippen LogP contribution in [0.15, 0.2) is 63.9 Å². The molecular weight excluding hydrogens is 402 g/mol. The van der Waals surface area contributed by atoms with Gasteiger partial charge in [0.15, 0.2) is 5.58 Å². The standard InChI is InChI=1S/C23H20ClN3O3/c24-16-5-6-20-21(13-16)30-23(29)27(20)12-9-22(28)26-10-7-15(8-11-26)18-14-25-19-4-2-1-3-17(18)19/h1-7,13-14,25H,8-12H2. The van der Waals surface area contributed by atoms with Gasteiger partial charge in [-0.15, -0.1) is 0 Å². The molecule has 7 heteroatoms. The van der Waals surface area contributed by atoms with E-state index in [1.54, 1.807) is 18.2 Å². The summed E-state index contributed by atoms with van der Waals surface area (Å²) in [5.41, 5.74) is 4.66. The summed E-state index contributed by atoms with van der Waals surface area (Å²) in [6.07, 6.45) is 5.21. The third-order valence-corrected chi connectivity index (χ3v) is 5.91. The average molecular weight is 422 g/mol. The van der Waals surface area contributed by atoms with Crippen molar-refractivity contribution < 1.29 is 9.21 Å². The van der Waals surface area contributed by atoms with Gasteiger partial charge in [-0.05, 0) is 30.2 Å². The Labute approximate surface area is 177 Å². The first kappa shape index (κ1) is 18.8. The summed E-state index contributed by atoms with van der Waals surface area (Å²) in [4.78, 5) is 30.0. The second-order valence-electron chi connectivity index (χ2n) is 7.45. The van der Waals surface area contributed by atoms with E-state index < -0.39 is 5.76 Å². The van der Waals surface area contributed by atoms with E-state index in [2.05, 4.69) is 23.2 Å². The van der Waals surface area contributed by atoms with E-state index >= 15 is 0 Å². The van der Waals surface area contributed by atoms with E-state index in [0.29, 0.717) is 29.2 Å². The monoisotopic (exact) mass is 421 g/mol. The maximum atomic E-state index is 12.7. The molecule has 0 unspecified atom stereocenters. The summed E-state index contributed by atoms with van der Waals surface area (Å²) in [6.45, 7) is 1.52. The van der Waals surface area contributed by atoms with Crippen molar-refractivity contribution in [3.8, 4) is 0 Å². The maximum absolute atomic E-state index is 12.7. The number of fused-ring (bicyclic) bond motifs is 2. The molecule has 3 heterocycles. The van der Waals surface area contributed by atoms with E-state index in [-0.39, 0.29) is 18.9 Å². The predicted octanol–water partition coefficient (Wildman–Crippen LogP) is 4.44. The van der Waals surface area contributed by atoms with Crippen LogP contribution in [-0.4, -0.2) is 33.4 Å². The van der Waals surface area contributed by atoms with Crippen LogP contribution < -0.4 is 5.76 Å². The van der Waals surface area contributed by atoms with Gasteiger partial charge in [0.1, 0.15) is 0 Å². The van der Waals surface area contributed by atoms with Crippen LogP contribution in [0.1, 0.15) is 18.4 Å². The minimum Gasteiger partial charge on any atom is -0.408 e. The van der Waals surface area contributed by atoms with Crippen molar-refractivity contribution in [1.29, 1.82) is 0 Å². The number of aryl methyl sites for hydroxylation is 1. The molecule has 6 nitrogen and oxygen atoms in total. The number of nitrogens with zero attached hydrogens (tertiary/aromatic N) is 2. The largest absolute Gasteiger partial charge is 0.419 e. The molecule has 0 fully saturated rings. The van der Waals surface area contributed by atoms with Gasteiger partial charge in [-0.1, -0.05) is 35.9 Å². The lowest BCUT2D eigenvalue weighted by Crippen LogP contribution is -2.35. The van der Waals surface area contributed by atoms with Gasteiger partial charge in [0.25, 0.3) is 0 Å². The highest BCUT2D eigenvalue weighted by Gasteiger charge is 2.20. The van der Waals surface area contributed by atoms with Gasteiger partial charge >= 0.3 is 5.76 Å². The molecular formula is C23H20ClN3O3. The number of H-pyrrole nitrogens is 1. The molecule has 0 saturated heterocycles. The highest BCUT2D eigenvalue weighted by atomic mass is 35.5. The SMILES string of the molecule is O=C(CCn1c(=O)oc2cc(Cl)ccc21)N1CC=C(c2c[nH]c3ccccc23)CC1. The average Bonchev–Trinajstić information content (AvgIpc) is 3.32. The topological polar surface area (TPSA) is 71.2 Å². The smallest absolute Gasteiger partial charge is 0.408 e. The number of halogens is 1. The third kappa shape index (κ3) is 3.33. The Morgan fingerprint density at radius 3 is 2.90 bits per heavy atom. The number of hydrogen-bond acceptors (Lipinski definition) is 3. The van der Waals surface area contributed by atoms with Crippen LogP contribution in [0.3, 0.4) is 0 Å². The lowest BCUT2D eigenvalue weighted by Gasteiger charge is -2.26. The third-order valence-electron chi connectivity index (χ3n) is 5.68. The summed E-state index contributed by atoms with van der Waals surface area (Å²) in [5.74, 6) is -0.445. The molecule has 0 bridgehead atoms. The second-order valence-corrected chi connectivity index (χ2v) is 7.89. The highest BCUT2D eigenvalue weighted by molar-refractivity contribution is 6.31. The van der Waals surface area contributed by atoms with Crippen LogP contribution in [0.5, 0.6) is 0 Å². The summed E-state index contributed by atoms with van der Waals surface area (Å²) in [6, 6.07) is 13.3. The number of oxazole rings is 1. The molecule has 0 saturated carbocycles. The van der Waals surface area contributed by atoms with Crippen LogP contribution in [0.25, 0.3) is 27.6 Å². The van der Waals surface area contributed by atoms with E-state index in [9.17, 15) is 9.59 Å². The number of amides is 1. The Morgan fingerprint density at radius 1 is 1.20 bits per heavy atom. The Balaban J connectivity index is 1.27. The normalized spacial score (nSPS) is 14.4. The molecule has 0 aliphatic carbocycles. The first-order valence-electron chi connectivity index (χ1n) is 9.92. The number of rotatable bonds is 4. The molecule has 1 aliphatic rings. The van der Waals surface area contributed by atoms with Crippen LogP contribution in [0.4, 0.5) is 0 Å². The second kappa shape index (κ2) is 7.54. The van der Waals surface area contributed by atoms with Gasteiger partial charge in [-0.3, -0.25) is 9.36 Å². The molecule has 30 heavy (non-hydrogen) atoms. The Hall–Kier alpha value is -3.25. The Kier molecular flexibility index (Phi) is 4.71. The van der Waals surface area contributed by atoms with E-state index in [4.69, 9.17) is 16.0 Å². The number of carbonyl (C=O) groups excluding carboxylic acids is 1. The first-order chi connectivity index (χ1) is 14.6. The van der Waals surface area contributed by atoms with Crippen LogP contribution >= 0.6 is 11.6 Å². The minimum atomic E-state index is -0.472. The lowest BCUT2D eigenvalue weighted by molar-refractivity contribution is -0.131. The van der Waals surface area contributed by atoms with Gasteiger partial charge in [-0.2, -0.15) is 0 Å². The van der Waals surface area contributed by atoms with Gasteiger partial charge < -0.3 is 14.3 Å². The lowest BCUT2D eigenvalue weighted by atomic mass is 9.99. The molecule has 1 N–H and O–H groups in total. The minimum absolute atomic E-state index is 0.0273. The van der Waals surface area contributed by atoms with Crippen molar-refractivity contribution in [1.82, 2.24) is 14.5 Å². The zero-order chi connectivity index (χ0) is 20.7. The molecule has 0 spiro atoms. The first-order valence-corrected chi connectivity index (χ1v) is 10.3. The van der Waals surface area contributed by atoms with Crippen LogP contribution in [0.2, 0.25) is 5.02 Å². The molecule has 5 rings (SSSR count). The molecule has 1 amide bonds. The molecule has 2 aromatic carbocycles. The van der Waals surface area contributed by atoms with Crippen LogP contribution in [-0.2, 0) is 11.3 Å². The maximum Gasteiger partial charge on any atom is 0.419 e. The van der Waals surface area contributed by atoms with Gasteiger partial charge in [0.2, 0.25) is 5.91 Å². The van der Waals surface area contributed by atoms with Crippen molar-refractivity contribution in [2.24, 2.45) is 0 Å².